The summed E-state index contributed by atoms with van der Waals surface area (Å²) in [5, 5.41) is 44.3. The zero-order valence-corrected chi connectivity index (χ0v) is 12.8. The van der Waals surface area contributed by atoms with Gasteiger partial charge in [0.2, 0.25) is 0 Å². The molecule has 22 heavy (non-hydrogen) atoms. The Balaban J connectivity index is 1.96. The first-order chi connectivity index (χ1) is 10.4. The molecule has 0 radical (unpaired) electrons. The van der Waals surface area contributed by atoms with Crippen LogP contribution in [0.4, 0.5) is 5.69 Å². The number of aryl methyl sites for hydroxylation is 1. The molecule has 0 aliphatic carbocycles. The highest BCUT2D eigenvalue weighted by molar-refractivity contribution is 7.80. The van der Waals surface area contributed by atoms with Gasteiger partial charge in [-0.05, 0) is 31.3 Å². The highest BCUT2D eigenvalue weighted by atomic mass is 32.1. The van der Waals surface area contributed by atoms with Gasteiger partial charge in [-0.3, -0.25) is 0 Å². The first kappa shape index (κ1) is 17.1. The average molecular weight is 328 g/mol. The number of thiocarbonyl (C=S) groups is 1. The Morgan fingerprint density at radius 1 is 1.14 bits per heavy atom. The third kappa shape index (κ3) is 3.92. The Kier molecular flexibility index (Phi) is 5.68. The lowest BCUT2D eigenvalue weighted by Gasteiger charge is -2.40. The predicted molar refractivity (Wildman–Crippen MR) is 84.3 cm³/mol. The number of aliphatic hydroxyl groups is 4. The summed E-state index contributed by atoms with van der Waals surface area (Å²) in [5.41, 5.74) is 1.87. The van der Waals surface area contributed by atoms with Gasteiger partial charge in [0.25, 0.3) is 0 Å². The molecule has 1 aliphatic rings. The van der Waals surface area contributed by atoms with Gasteiger partial charge in [0.1, 0.15) is 24.4 Å². The predicted octanol–water partition coefficient (Wildman–Crippen LogP) is -0.919. The Hall–Kier alpha value is -1.29. The van der Waals surface area contributed by atoms with Crippen molar-refractivity contribution in [1.82, 2.24) is 5.32 Å². The van der Waals surface area contributed by atoms with E-state index in [0.717, 1.165) is 11.3 Å². The average Bonchev–Trinajstić information content (AvgIpc) is 2.50. The number of hydrogen-bond acceptors (Lipinski definition) is 6. The van der Waals surface area contributed by atoms with Gasteiger partial charge in [-0.25, -0.2) is 0 Å². The molecule has 0 unspecified atom stereocenters. The summed E-state index contributed by atoms with van der Waals surface area (Å²) in [4.78, 5) is 0. The minimum atomic E-state index is -1.44. The fourth-order valence-corrected chi connectivity index (χ4v) is 2.39. The van der Waals surface area contributed by atoms with Gasteiger partial charge in [-0.1, -0.05) is 17.7 Å². The number of nitrogens with one attached hydrogen (secondary N) is 2. The summed E-state index contributed by atoms with van der Waals surface area (Å²) in [5.74, 6) is 0. The van der Waals surface area contributed by atoms with Gasteiger partial charge in [0, 0.05) is 5.69 Å². The van der Waals surface area contributed by atoms with Crippen LogP contribution in [0, 0.1) is 6.92 Å². The molecule has 2 rings (SSSR count). The molecule has 1 aliphatic heterocycles. The zero-order chi connectivity index (χ0) is 16.3. The van der Waals surface area contributed by atoms with E-state index in [4.69, 9.17) is 22.1 Å². The van der Waals surface area contributed by atoms with Crippen molar-refractivity contribution < 1.29 is 25.2 Å². The summed E-state index contributed by atoms with van der Waals surface area (Å²) in [7, 11) is 0. The Morgan fingerprint density at radius 3 is 2.36 bits per heavy atom. The van der Waals surface area contributed by atoms with Gasteiger partial charge in [0.05, 0.1) is 6.61 Å². The van der Waals surface area contributed by atoms with Crippen LogP contribution in [0.2, 0.25) is 0 Å². The fraction of sp³-hybridized carbons (Fsp3) is 0.500. The van der Waals surface area contributed by atoms with E-state index in [1.807, 2.05) is 31.2 Å². The second kappa shape index (κ2) is 7.32. The molecule has 1 saturated heterocycles. The zero-order valence-electron chi connectivity index (χ0n) is 12.0. The van der Waals surface area contributed by atoms with Crippen LogP contribution in [0.15, 0.2) is 24.3 Å². The molecular formula is C14H20N2O5S. The summed E-state index contributed by atoms with van der Waals surface area (Å²) < 4.78 is 5.31. The molecule has 0 bridgehead atoms. The largest absolute Gasteiger partial charge is 0.394 e. The minimum Gasteiger partial charge on any atom is -0.394 e. The second-order valence-electron chi connectivity index (χ2n) is 5.21. The van der Waals surface area contributed by atoms with Crippen LogP contribution < -0.4 is 10.6 Å². The Bertz CT molecular complexity index is 510. The second-order valence-corrected chi connectivity index (χ2v) is 5.62. The van der Waals surface area contributed by atoms with Crippen LogP contribution in [-0.4, -0.2) is 62.8 Å². The first-order valence-electron chi connectivity index (χ1n) is 6.87. The van der Waals surface area contributed by atoms with Crippen LogP contribution >= 0.6 is 12.2 Å². The monoisotopic (exact) mass is 328 g/mol. The molecule has 0 amide bonds. The number of anilines is 1. The van der Waals surface area contributed by atoms with E-state index in [2.05, 4.69) is 10.6 Å². The molecule has 0 spiro atoms. The van der Waals surface area contributed by atoms with E-state index in [9.17, 15) is 15.3 Å². The molecule has 7 nitrogen and oxygen atoms in total. The van der Waals surface area contributed by atoms with Crippen molar-refractivity contribution in [2.45, 2.75) is 37.6 Å². The molecule has 1 heterocycles. The lowest BCUT2D eigenvalue weighted by atomic mass is 9.98. The van der Waals surface area contributed by atoms with Crippen molar-refractivity contribution in [3.05, 3.63) is 29.8 Å². The summed E-state index contributed by atoms with van der Waals surface area (Å²) in [6.07, 6.45) is -6.23. The minimum absolute atomic E-state index is 0.188. The van der Waals surface area contributed by atoms with Crippen molar-refractivity contribution in [1.29, 1.82) is 0 Å². The van der Waals surface area contributed by atoms with Gasteiger partial charge >= 0.3 is 0 Å². The summed E-state index contributed by atoms with van der Waals surface area (Å²) in [6, 6.07) is 7.52. The molecule has 0 aromatic heterocycles. The van der Waals surface area contributed by atoms with Gasteiger partial charge in [0.15, 0.2) is 11.3 Å². The maximum atomic E-state index is 9.91. The van der Waals surface area contributed by atoms with E-state index in [-0.39, 0.29) is 5.11 Å². The summed E-state index contributed by atoms with van der Waals surface area (Å²) >= 11 is 5.13. The molecule has 6 N–H and O–H groups in total. The van der Waals surface area contributed by atoms with Crippen LogP contribution in [0.3, 0.4) is 0 Å². The third-order valence-electron chi connectivity index (χ3n) is 3.48. The van der Waals surface area contributed by atoms with Crippen molar-refractivity contribution >= 4 is 23.0 Å². The molecule has 1 aromatic carbocycles. The standard InChI is InChI=1S/C14H20N2O5S/c1-7-2-4-8(5-3-7)15-14(22)16-13-12(20)11(19)10(18)9(6-17)21-13/h2-5,9-13,17-20H,6H2,1H3,(H2,15,16,22)/t9-,10+,11+,12-,13-/m1/s1. The highest BCUT2D eigenvalue weighted by Gasteiger charge is 2.43. The molecular weight excluding hydrogens is 308 g/mol. The SMILES string of the molecule is Cc1ccc(NC(=S)N[C@@H]2O[C@H](CO)[C@H](O)[C@H](O)[C@H]2O)cc1. The fourth-order valence-electron chi connectivity index (χ4n) is 2.15. The van der Waals surface area contributed by atoms with Crippen molar-refractivity contribution in [3.8, 4) is 0 Å². The summed E-state index contributed by atoms with van der Waals surface area (Å²) in [6.45, 7) is 1.48. The number of aliphatic hydroxyl groups excluding tert-OH is 4. The van der Waals surface area contributed by atoms with Crippen LogP contribution in [-0.2, 0) is 4.74 Å². The topological polar surface area (TPSA) is 114 Å². The van der Waals surface area contributed by atoms with Gasteiger partial charge in [-0.15, -0.1) is 0 Å². The van der Waals surface area contributed by atoms with E-state index in [0.29, 0.717) is 0 Å². The molecule has 122 valence electrons. The van der Waals surface area contributed by atoms with Crippen LogP contribution in [0.25, 0.3) is 0 Å². The van der Waals surface area contributed by atoms with E-state index < -0.39 is 37.3 Å². The van der Waals surface area contributed by atoms with Gasteiger partial charge < -0.3 is 35.8 Å². The third-order valence-corrected chi connectivity index (χ3v) is 3.69. The number of rotatable bonds is 3. The molecule has 1 fully saturated rings. The molecule has 8 heteroatoms. The van der Waals surface area contributed by atoms with Gasteiger partial charge in [-0.2, -0.15) is 0 Å². The van der Waals surface area contributed by atoms with E-state index in [1.54, 1.807) is 0 Å². The number of ether oxygens (including phenoxy) is 1. The van der Waals surface area contributed by atoms with Crippen molar-refractivity contribution in [3.63, 3.8) is 0 Å². The smallest absolute Gasteiger partial charge is 0.172 e. The number of hydrogen-bond donors (Lipinski definition) is 6. The Morgan fingerprint density at radius 2 is 1.77 bits per heavy atom. The lowest BCUT2D eigenvalue weighted by Crippen LogP contribution is -2.63. The Labute approximate surface area is 133 Å². The molecule has 1 aromatic rings. The maximum Gasteiger partial charge on any atom is 0.172 e. The van der Waals surface area contributed by atoms with Crippen LogP contribution in [0.5, 0.6) is 0 Å². The van der Waals surface area contributed by atoms with Crippen molar-refractivity contribution in [2.75, 3.05) is 11.9 Å². The normalized spacial score (nSPS) is 31.6. The first-order valence-corrected chi connectivity index (χ1v) is 7.28. The maximum absolute atomic E-state index is 9.91. The van der Waals surface area contributed by atoms with E-state index >= 15 is 0 Å². The quantitative estimate of drug-likeness (QED) is 0.395. The highest BCUT2D eigenvalue weighted by Crippen LogP contribution is 2.20. The van der Waals surface area contributed by atoms with Crippen LogP contribution in [0.1, 0.15) is 5.56 Å². The molecule has 5 atom stereocenters. The van der Waals surface area contributed by atoms with Crippen molar-refractivity contribution in [2.24, 2.45) is 0 Å². The number of benzene rings is 1. The van der Waals surface area contributed by atoms with E-state index in [1.165, 1.54) is 0 Å². The lowest BCUT2D eigenvalue weighted by molar-refractivity contribution is -0.232. The molecule has 0 saturated carbocycles.